The number of piperidine rings is 1. The van der Waals surface area contributed by atoms with Gasteiger partial charge in [0.2, 0.25) is 5.91 Å². The van der Waals surface area contributed by atoms with E-state index < -0.39 is 6.04 Å². The summed E-state index contributed by atoms with van der Waals surface area (Å²) < 4.78 is 13.2. The van der Waals surface area contributed by atoms with Gasteiger partial charge in [-0.1, -0.05) is 52.0 Å². The van der Waals surface area contributed by atoms with Crippen molar-refractivity contribution in [1.82, 2.24) is 4.90 Å². The molecule has 35 heavy (non-hydrogen) atoms. The number of nitrogens with zero attached hydrogens (tertiary/aromatic N) is 2. The van der Waals surface area contributed by atoms with Crippen molar-refractivity contribution in [2.24, 2.45) is 17.6 Å². The summed E-state index contributed by atoms with van der Waals surface area (Å²) in [5, 5.41) is 0. The SMILES string of the molecule is CC(C)CCN(c1ccc(CCc2ccc(F)cc2)cc1)C1CCCN(C(=O)[C@@H](N)CC(C)C)C1. The first-order valence-electron chi connectivity index (χ1n) is 13.4. The molecule has 1 unspecified atom stereocenters. The van der Waals surface area contributed by atoms with Gasteiger partial charge in [-0.25, -0.2) is 4.39 Å². The lowest BCUT2D eigenvalue weighted by molar-refractivity contribution is -0.134. The zero-order valence-electron chi connectivity index (χ0n) is 22.1. The Kier molecular flexibility index (Phi) is 10.1. The summed E-state index contributed by atoms with van der Waals surface area (Å²) in [6.45, 7) is 11.3. The number of rotatable bonds is 11. The summed E-state index contributed by atoms with van der Waals surface area (Å²) >= 11 is 0. The first kappa shape index (κ1) is 27.2. The van der Waals surface area contributed by atoms with Gasteiger partial charge in [0.15, 0.2) is 0 Å². The van der Waals surface area contributed by atoms with Crippen molar-refractivity contribution >= 4 is 11.6 Å². The summed E-state index contributed by atoms with van der Waals surface area (Å²) in [5.74, 6) is 0.944. The summed E-state index contributed by atoms with van der Waals surface area (Å²) in [6, 6.07) is 15.6. The van der Waals surface area contributed by atoms with Gasteiger partial charge < -0.3 is 15.5 Å². The van der Waals surface area contributed by atoms with E-state index in [1.165, 1.54) is 23.4 Å². The molecule has 0 saturated carbocycles. The first-order valence-corrected chi connectivity index (χ1v) is 13.4. The largest absolute Gasteiger partial charge is 0.367 e. The van der Waals surface area contributed by atoms with Crippen LogP contribution in [0.25, 0.3) is 0 Å². The molecule has 1 aliphatic rings. The maximum atomic E-state index is 13.2. The quantitative estimate of drug-likeness (QED) is 0.439. The van der Waals surface area contributed by atoms with E-state index in [-0.39, 0.29) is 11.7 Å². The molecule has 0 spiro atoms. The van der Waals surface area contributed by atoms with Crippen molar-refractivity contribution < 1.29 is 9.18 Å². The third-order valence-corrected chi connectivity index (χ3v) is 7.02. The second-order valence-corrected chi connectivity index (χ2v) is 11.0. The highest BCUT2D eigenvalue weighted by Gasteiger charge is 2.30. The van der Waals surface area contributed by atoms with E-state index >= 15 is 0 Å². The van der Waals surface area contributed by atoms with Crippen LogP contribution in [0.4, 0.5) is 10.1 Å². The molecule has 1 amide bonds. The number of carbonyl (C=O) groups excluding carboxylic acids is 1. The molecule has 1 heterocycles. The molecule has 3 rings (SSSR count). The number of benzene rings is 2. The monoisotopic (exact) mass is 481 g/mol. The first-order chi connectivity index (χ1) is 16.7. The number of carbonyl (C=O) groups is 1. The van der Waals surface area contributed by atoms with Crippen LogP contribution in [0.5, 0.6) is 0 Å². The van der Waals surface area contributed by atoms with Crippen molar-refractivity contribution in [1.29, 1.82) is 0 Å². The van der Waals surface area contributed by atoms with Crippen LogP contribution in [0.15, 0.2) is 48.5 Å². The lowest BCUT2D eigenvalue weighted by atomic mass is 9.98. The smallest absolute Gasteiger partial charge is 0.239 e. The fraction of sp³-hybridized carbons (Fsp3) is 0.567. The average Bonchev–Trinajstić information content (AvgIpc) is 2.83. The van der Waals surface area contributed by atoms with Gasteiger partial charge in [0.25, 0.3) is 0 Å². The Labute approximate surface area is 211 Å². The van der Waals surface area contributed by atoms with Crippen LogP contribution >= 0.6 is 0 Å². The standard InChI is InChI=1S/C30H44FN3O/c1-22(2)17-19-34(28-6-5-18-33(21-28)30(35)29(32)20-23(3)4)27-15-11-25(12-16-27)8-7-24-9-13-26(31)14-10-24/h9-16,22-23,28-29H,5-8,17-21,32H2,1-4H3/t28?,29-/m0/s1. The lowest BCUT2D eigenvalue weighted by Gasteiger charge is -2.41. The van der Waals surface area contributed by atoms with Crippen LogP contribution in [0, 0.1) is 17.7 Å². The molecule has 1 aliphatic heterocycles. The van der Waals surface area contributed by atoms with E-state index in [0.29, 0.717) is 17.9 Å². The number of aryl methyl sites for hydroxylation is 2. The minimum atomic E-state index is -0.404. The van der Waals surface area contributed by atoms with Crippen molar-refractivity contribution in [3.05, 3.63) is 65.5 Å². The second kappa shape index (κ2) is 13.1. The van der Waals surface area contributed by atoms with Crippen LogP contribution in [0.2, 0.25) is 0 Å². The predicted octanol–water partition coefficient (Wildman–Crippen LogP) is 5.83. The van der Waals surface area contributed by atoms with Gasteiger partial charge in [-0.15, -0.1) is 0 Å². The van der Waals surface area contributed by atoms with E-state index in [0.717, 1.165) is 63.7 Å². The zero-order chi connectivity index (χ0) is 25.4. The number of likely N-dealkylation sites (tertiary alicyclic amines) is 1. The molecule has 0 aromatic heterocycles. The third-order valence-electron chi connectivity index (χ3n) is 7.02. The minimum absolute atomic E-state index is 0.100. The molecule has 192 valence electrons. The normalized spacial score (nSPS) is 17.1. The molecule has 2 atom stereocenters. The lowest BCUT2D eigenvalue weighted by Crippen LogP contribution is -2.54. The number of anilines is 1. The third kappa shape index (κ3) is 8.34. The van der Waals surface area contributed by atoms with Crippen LogP contribution in [0.3, 0.4) is 0 Å². The highest BCUT2D eigenvalue weighted by molar-refractivity contribution is 5.81. The highest BCUT2D eigenvalue weighted by atomic mass is 19.1. The van der Waals surface area contributed by atoms with Crippen molar-refractivity contribution in [2.45, 2.75) is 78.3 Å². The van der Waals surface area contributed by atoms with Crippen LogP contribution in [0.1, 0.15) is 64.5 Å². The Morgan fingerprint density at radius 2 is 1.60 bits per heavy atom. The average molecular weight is 482 g/mol. The maximum Gasteiger partial charge on any atom is 0.239 e. The van der Waals surface area contributed by atoms with Crippen LogP contribution in [-0.4, -0.2) is 42.5 Å². The van der Waals surface area contributed by atoms with E-state index in [4.69, 9.17) is 5.73 Å². The molecule has 1 fully saturated rings. The molecule has 2 aromatic carbocycles. The highest BCUT2D eigenvalue weighted by Crippen LogP contribution is 2.26. The summed E-state index contributed by atoms with van der Waals surface area (Å²) in [7, 11) is 0. The molecule has 0 radical (unpaired) electrons. The van der Waals surface area contributed by atoms with Crippen LogP contribution in [-0.2, 0) is 17.6 Å². The van der Waals surface area contributed by atoms with Crippen LogP contribution < -0.4 is 10.6 Å². The molecule has 5 heteroatoms. The number of halogens is 1. The van der Waals surface area contributed by atoms with Gasteiger partial charge in [0.1, 0.15) is 5.82 Å². The van der Waals surface area contributed by atoms with E-state index in [1.807, 2.05) is 17.0 Å². The minimum Gasteiger partial charge on any atom is -0.367 e. The maximum absolute atomic E-state index is 13.2. The van der Waals surface area contributed by atoms with Gasteiger partial charge in [-0.2, -0.15) is 0 Å². The molecular formula is C30H44FN3O. The molecule has 2 aromatic rings. The second-order valence-electron chi connectivity index (χ2n) is 11.0. The Bertz CT molecular complexity index is 910. The molecule has 0 bridgehead atoms. The number of nitrogens with two attached hydrogens (primary N) is 1. The molecule has 0 aliphatic carbocycles. The van der Waals surface area contributed by atoms with Gasteiger partial charge in [-0.05, 0) is 85.8 Å². The van der Waals surface area contributed by atoms with Gasteiger partial charge in [0, 0.05) is 31.4 Å². The number of hydrogen-bond acceptors (Lipinski definition) is 3. The number of hydrogen-bond donors (Lipinski definition) is 1. The zero-order valence-corrected chi connectivity index (χ0v) is 22.1. The Morgan fingerprint density at radius 3 is 2.17 bits per heavy atom. The topological polar surface area (TPSA) is 49.6 Å². The van der Waals surface area contributed by atoms with Crippen molar-refractivity contribution in [2.75, 3.05) is 24.5 Å². The Balaban J connectivity index is 1.68. The summed E-state index contributed by atoms with van der Waals surface area (Å²) in [5.41, 5.74) is 9.90. The molecule has 4 nitrogen and oxygen atoms in total. The summed E-state index contributed by atoms with van der Waals surface area (Å²) in [6.07, 6.45) is 5.77. The van der Waals surface area contributed by atoms with Crippen molar-refractivity contribution in [3.63, 3.8) is 0 Å². The molecule has 2 N–H and O–H groups in total. The van der Waals surface area contributed by atoms with E-state index in [2.05, 4.69) is 56.9 Å². The Hall–Kier alpha value is -2.40. The van der Waals surface area contributed by atoms with Gasteiger partial charge >= 0.3 is 0 Å². The fourth-order valence-electron chi connectivity index (χ4n) is 4.97. The van der Waals surface area contributed by atoms with Gasteiger partial charge in [0.05, 0.1) is 6.04 Å². The Morgan fingerprint density at radius 1 is 1.00 bits per heavy atom. The van der Waals surface area contributed by atoms with Gasteiger partial charge in [-0.3, -0.25) is 4.79 Å². The van der Waals surface area contributed by atoms with E-state index in [9.17, 15) is 9.18 Å². The fourth-order valence-corrected chi connectivity index (χ4v) is 4.97. The predicted molar refractivity (Wildman–Crippen MR) is 144 cm³/mol. The van der Waals surface area contributed by atoms with Crippen molar-refractivity contribution in [3.8, 4) is 0 Å². The molecular weight excluding hydrogens is 437 g/mol. The summed E-state index contributed by atoms with van der Waals surface area (Å²) in [4.78, 5) is 17.5. The molecule has 1 saturated heterocycles. The van der Waals surface area contributed by atoms with E-state index in [1.54, 1.807) is 0 Å². The number of amides is 1.